The van der Waals surface area contributed by atoms with E-state index in [-0.39, 0.29) is 18.5 Å². The monoisotopic (exact) mass is 537 g/mol. The van der Waals surface area contributed by atoms with E-state index >= 15 is 0 Å². The lowest BCUT2D eigenvalue weighted by molar-refractivity contribution is -0.139. The average Bonchev–Trinajstić information content (AvgIpc) is 2.70. The molecule has 0 aliphatic rings. The zero-order chi connectivity index (χ0) is 24.9. The van der Waals surface area contributed by atoms with Crippen LogP contribution in [0.3, 0.4) is 0 Å². The summed E-state index contributed by atoms with van der Waals surface area (Å²) < 4.78 is 27.3. The van der Waals surface area contributed by atoms with Gasteiger partial charge in [0, 0.05) is 17.1 Å². The summed E-state index contributed by atoms with van der Waals surface area (Å²) in [6.45, 7) is 8.81. The number of nitrogens with zero attached hydrogens (tertiary/aromatic N) is 2. The average molecular weight is 539 g/mol. The Hall–Kier alpha value is -2.39. The number of benzene rings is 2. The Morgan fingerprint density at radius 2 is 1.70 bits per heavy atom. The third kappa shape index (κ3) is 7.30. The minimum absolute atomic E-state index is 0.0924. The van der Waals surface area contributed by atoms with Crippen molar-refractivity contribution in [3.05, 3.63) is 63.6 Å². The molecular weight excluding hydrogens is 506 g/mol. The Labute approximate surface area is 205 Å². The third-order valence-electron chi connectivity index (χ3n) is 5.36. The van der Waals surface area contributed by atoms with Crippen molar-refractivity contribution in [2.24, 2.45) is 0 Å². The van der Waals surface area contributed by atoms with Crippen molar-refractivity contribution in [1.82, 2.24) is 10.2 Å². The summed E-state index contributed by atoms with van der Waals surface area (Å²) in [7, 11) is -3.75. The SMILES string of the molecule is Cc1cccc(N(CC(=O)N(Cc2cccc(Br)c2)C(C)C(=O)NC(C)C)S(C)(=O)=O)c1C. The van der Waals surface area contributed by atoms with Gasteiger partial charge in [-0.3, -0.25) is 13.9 Å². The molecule has 7 nitrogen and oxygen atoms in total. The molecule has 0 spiro atoms. The Morgan fingerprint density at radius 1 is 1.06 bits per heavy atom. The lowest BCUT2D eigenvalue weighted by Gasteiger charge is -2.32. The van der Waals surface area contributed by atoms with E-state index in [1.807, 2.05) is 58.0 Å². The van der Waals surface area contributed by atoms with Gasteiger partial charge in [-0.2, -0.15) is 0 Å². The molecule has 0 aromatic heterocycles. The number of carbonyl (C=O) groups excluding carboxylic acids is 2. The van der Waals surface area contributed by atoms with Crippen LogP contribution in [0.25, 0.3) is 0 Å². The molecule has 0 heterocycles. The molecule has 2 amide bonds. The van der Waals surface area contributed by atoms with Crippen LogP contribution in [-0.4, -0.2) is 50.0 Å². The first kappa shape index (κ1) is 26.9. The molecule has 0 saturated heterocycles. The number of anilines is 1. The fraction of sp³-hybridized carbons (Fsp3) is 0.417. The topological polar surface area (TPSA) is 86.8 Å². The molecule has 0 radical (unpaired) electrons. The van der Waals surface area contributed by atoms with E-state index in [2.05, 4.69) is 21.2 Å². The van der Waals surface area contributed by atoms with Crippen molar-refractivity contribution in [2.45, 2.75) is 53.2 Å². The van der Waals surface area contributed by atoms with E-state index in [1.165, 1.54) is 4.90 Å². The molecule has 0 fully saturated rings. The molecular formula is C24H32BrN3O4S. The molecule has 0 aliphatic carbocycles. The summed E-state index contributed by atoms with van der Waals surface area (Å²) in [4.78, 5) is 27.7. The Morgan fingerprint density at radius 3 is 2.27 bits per heavy atom. The van der Waals surface area contributed by atoms with Gasteiger partial charge in [0.1, 0.15) is 12.6 Å². The van der Waals surface area contributed by atoms with Crippen molar-refractivity contribution in [3.8, 4) is 0 Å². The fourth-order valence-corrected chi connectivity index (χ4v) is 4.77. The van der Waals surface area contributed by atoms with Crippen LogP contribution in [0.1, 0.15) is 37.5 Å². The standard InChI is InChI=1S/C24H32BrN3O4S/c1-16(2)26-24(30)19(5)27(14-20-10-8-11-21(25)13-20)23(29)15-28(33(6,31)32)22-12-7-9-17(3)18(22)4/h7-13,16,19H,14-15H2,1-6H3,(H,26,30). The van der Waals surface area contributed by atoms with Gasteiger partial charge in [-0.25, -0.2) is 8.42 Å². The molecule has 33 heavy (non-hydrogen) atoms. The number of halogens is 1. The van der Waals surface area contributed by atoms with Crippen LogP contribution in [0, 0.1) is 13.8 Å². The first-order valence-corrected chi connectivity index (χ1v) is 13.3. The highest BCUT2D eigenvalue weighted by Gasteiger charge is 2.30. The highest BCUT2D eigenvalue weighted by atomic mass is 79.9. The number of hydrogen-bond donors (Lipinski definition) is 1. The van der Waals surface area contributed by atoms with Gasteiger partial charge in [0.15, 0.2) is 0 Å². The minimum Gasteiger partial charge on any atom is -0.352 e. The van der Waals surface area contributed by atoms with Crippen LogP contribution in [0.2, 0.25) is 0 Å². The summed E-state index contributed by atoms with van der Waals surface area (Å²) in [5.41, 5.74) is 2.97. The van der Waals surface area contributed by atoms with Crippen molar-refractivity contribution >= 4 is 43.5 Å². The van der Waals surface area contributed by atoms with E-state index in [0.29, 0.717) is 5.69 Å². The van der Waals surface area contributed by atoms with Crippen molar-refractivity contribution in [3.63, 3.8) is 0 Å². The summed E-state index contributed by atoms with van der Waals surface area (Å²) >= 11 is 3.43. The van der Waals surface area contributed by atoms with E-state index in [4.69, 9.17) is 0 Å². The molecule has 1 atom stereocenters. The van der Waals surface area contributed by atoms with Gasteiger partial charge >= 0.3 is 0 Å². The van der Waals surface area contributed by atoms with E-state index in [9.17, 15) is 18.0 Å². The second-order valence-corrected chi connectivity index (χ2v) is 11.3. The largest absolute Gasteiger partial charge is 0.352 e. The normalized spacial score (nSPS) is 12.4. The Bertz CT molecular complexity index is 1120. The summed E-state index contributed by atoms with van der Waals surface area (Å²) in [5.74, 6) is -0.765. The molecule has 2 aromatic rings. The van der Waals surface area contributed by atoms with Crippen LogP contribution >= 0.6 is 15.9 Å². The second-order valence-electron chi connectivity index (χ2n) is 8.48. The highest BCUT2D eigenvalue weighted by Crippen LogP contribution is 2.25. The predicted molar refractivity (Wildman–Crippen MR) is 136 cm³/mol. The van der Waals surface area contributed by atoms with Crippen molar-refractivity contribution < 1.29 is 18.0 Å². The van der Waals surface area contributed by atoms with E-state index < -0.39 is 28.5 Å². The maximum atomic E-state index is 13.5. The molecule has 2 rings (SSSR count). The first-order chi connectivity index (χ1) is 15.3. The van der Waals surface area contributed by atoms with Crippen LogP contribution in [0.15, 0.2) is 46.9 Å². The maximum Gasteiger partial charge on any atom is 0.244 e. The van der Waals surface area contributed by atoms with Gasteiger partial charge in [-0.05, 0) is 69.5 Å². The van der Waals surface area contributed by atoms with Crippen LogP contribution in [-0.2, 0) is 26.2 Å². The van der Waals surface area contributed by atoms with Gasteiger partial charge in [0.2, 0.25) is 21.8 Å². The third-order valence-corrected chi connectivity index (χ3v) is 6.98. The summed E-state index contributed by atoms with van der Waals surface area (Å²) in [6.07, 6.45) is 1.08. The zero-order valence-electron chi connectivity index (χ0n) is 19.9. The number of amides is 2. The van der Waals surface area contributed by atoms with Crippen molar-refractivity contribution in [1.29, 1.82) is 0 Å². The fourth-order valence-electron chi connectivity index (χ4n) is 3.42. The quantitative estimate of drug-likeness (QED) is 0.527. The first-order valence-electron chi connectivity index (χ1n) is 10.7. The number of aryl methyl sites for hydroxylation is 1. The number of rotatable bonds is 9. The molecule has 180 valence electrons. The number of hydrogen-bond acceptors (Lipinski definition) is 4. The molecule has 9 heteroatoms. The van der Waals surface area contributed by atoms with Crippen LogP contribution < -0.4 is 9.62 Å². The molecule has 0 aliphatic heterocycles. The lowest BCUT2D eigenvalue weighted by atomic mass is 10.1. The predicted octanol–water partition coefficient (Wildman–Crippen LogP) is 3.77. The van der Waals surface area contributed by atoms with Crippen LogP contribution in [0.5, 0.6) is 0 Å². The van der Waals surface area contributed by atoms with Gasteiger partial charge in [0.05, 0.1) is 11.9 Å². The van der Waals surface area contributed by atoms with Crippen LogP contribution in [0.4, 0.5) is 5.69 Å². The molecule has 2 aromatic carbocycles. The van der Waals surface area contributed by atoms with E-state index in [1.54, 1.807) is 19.1 Å². The van der Waals surface area contributed by atoms with Gasteiger partial charge in [-0.1, -0.05) is 40.2 Å². The molecule has 1 N–H and O–H groups in total. The van der Waals surface area contributed by atoms with Crippen molar-refractivity contribution in [2.75, 3.05) is 17.1 Å². The maximum absolute atomic E-state index is 13.5. The number of nitrogens with one attached hydrogen (secondary N) is 1. The van der Waals surface area contributed by atoms with Gasteiger partial charge in [-0.15, -0.1) is 0 Å². The smallest absolute Gasteiger partial charge is 0.244 e. The minimum atomic E-state index is -3.75. The van der Waals surface area contributed by atoms with Gasteiger partial charge < -0.3 is 10.2 Å². The Balaban J connectivity index is 2.44. The number of sulfonamides is 1. The molecule has 0 bridgehead atoms. The number of carbonyl (C=O) groups is 2. The van der Waals surface area contributed by atoms with Gasteiger partial charge in [0.25, 0.3) is 0 Å². The zero-order valence-corrected chi connectivity index (χ0v) is 22.3. The highest BCUT2D eigenvalue weighted by molar-refractivity contribution is 9.10. The van der Waals surface area contributed by atoms with E-state index in [0.717, 1.165) is 31.7 Å². The molecule has 1 unspecified atom stereocenters. The molecule has 0 saturated carbocycles. The second kappa shape index (κ2) is 11.2. The Kier molecular flexibility index (Phi) is 9.08. The summed E-state index contributed by atoms with van der Waals surface area (Å²) in [6, 6.07) is 11.9. The summed E-state index contributed by atoms with van der Waals surface area (Å²) in [5, 5.41) is 2.83. The lowest BCUT2D eigenvalue weighted by Crippen LogP contribution is -2.52.